The molecule has 192 valence electrons. The van der Waals surface area contributed by atoms with Crippen LogP contribution in [0.4, 0.5) is 0 Å². The van der Waals surface area contributed by atoms with Crippen molar-refractivity contribution < 1.29 is 0 Å². The van der Waals surface area contributed by atoms with E-state index in [1.165, 1.54) is 36.8 Å². The standard InChI is InChI=1S/C13H12.4C5H12/c1-3-7-12(8-4-1)11-13-9-5-2-6-10-13;4*1-4-5(2)3/h1-10H,11H2;4*5H,4H2,1-3H3. The van der Waals surface area contributed by atoms with Crippen molar-refractivity contribution in [2.45, 2.75) is 115 Å². The van der Waals surface area contributed by atoms with Gasteiger partial charge < -0.3 is 0 Å². The Hall–Kier alpha value is -1.56. The van der Waals surface area contributed by atoms with Gasteiger partial charge in [-0.15, -0.1) is 0 Å². The average molecular weight is 457 g/mol. The van der Waals surface area contributed by atoms with Gasteiger partial charge in [0.15, 0.2) is 0 Å². The summed E-state index contributed by atoms with van der Waals surface area (Å²) in [5, 5.41) is 0. The first-order valence-corrected chi connectivity index (χ1v) is 13.6. The third-order valence-electron chi connectivity index (χ3n) is 5.36. The maximum Gasteiger partial charge on any atom is -0.00258 e. The fourth-order valence-corrected chi connectivity index (χ4v) is 1.43. The van der Waals surface area contributed by atoms with E-state index in [9.17, 15) is 0 Å². The lowest BCUT2D eigenvalue weighted by Crippen LogP contribution is -1.85. The van der Waals surface area contributed by atoms with Crippen molar-refractivity contribution in [2.75, 3.05) is 0 Å². The zero-order chi connectivity index (χ0) is 26.1. The van der Waals surface area contributed by atoms with Gasteiger partial charge in [-0.25, -0.2) is 0 Å². The van der Waals surface area contributed by atoms with Gasteiger partial charge in [-0.2, -0.15) is 0 Å². The van der Waals surface area contributed by atoms with Crippen LogP contribution in [0.3, 0.4) is 0 Å². The number of hydrogen-bond donors (Lipinski definition) is 0. The van der Waals surface area contributed by atoms with Crippen molar-refractivity contribution in [3.05, 3.63) is 71.8 Å². The maximum absolute atomic E-state index is 2.22. The summed E-state index contributed by atoms with van der Waals surface area (Å²) in [5.74, 6) is 3.54. The Balaban J connectivity index is -0.000000381. The molecule has 0 saturated heterocycles. The van der Waals surface area contributed by atoms with Gasteiger partial charge in [-0.3, -0.25) is 0 Å². The van der Waals surface area contributed by atoms with E-state index in [0.29, 0.717) is 0 Å². The van der Waals surface area contributed by atoms with Crippen LogP contribution in [0, 0.1) is 23.7 Å². The van der Waals surface area contributed by atoms with Gasteiger partial charge in [-0.1, -0.05) is 169 Å². The summed E-state index contributed by atoms with van der Waals surface area (Å²) < 4.78 is 0. The smallest absolute Gasteiger partial charge is 0.00258 e. The largest absolute Gasteiger partial charge is 0.0651 e. The van der Waals surface area contributed by atoms with Crippen LogP contribution in [0.5, 0.6) is 0 Å². The Morgan fingerprint density at radius 1 is 0.394 bits per heavy atom. The molecule has 0 aromatic heterocycles. The average Bonchev–Trinajstić information content (AvgIpc) is 2.81. The Labute approximate surface area is 210 Å². The van der Waals surface area contributed by atoms with E-state index in [2.05, 4.69) is 144 Å². The van der Waals surface area contributed by atoms with Gasteiger partial charge in [0.2, 0.25) is 0 Å². The second kappa shape index (κ2) is 26.7. The zero-order valence-corrected chi connectivity index (χ0v) is 24.6. The molecule has 0 heteroatoms. The quantitative estimate of drug-likeness (QED) is 0.405. The lowest BCUT2D eigenvalue weighted by molar-refractivity contribution is 0.626. The van der Waals surface area contributed by atoms with Crippen LogP contribution >= 0.6 is 0 Å². The molecule has 0 nitrogen and oxygen atoms in total. The predicted octanol–water partition coefficient (Wildman–Crippen LogP) is 11.5. The highest BCUT2D eigenvalue weighted by molar-refractivity contribution is 5.25. The van der Waals surface area contributed by atoms with E-state index in [0.717, 1.165) is 30.1 Å². The number of hydrogen-bond acceptors (Lipinski definition) is 0. The Morgan fingerprint density at radius 3 is 0.727 bits per heavy atom. The molecular formula is C33H60. The molecule has 0 radical (unpaired) electrons. The first-order valence-electron chi connectivity index (χ1n) is 13.6. The second-order valence-corrected chi connectivity index (χ2v) is 10.4. The van der Waals surface area contributed by atoms with Crippen molar-refractivity contribution in [2.24, 2.45) is 23.7 Å². The number of benzene rings is 2. The van der Waals surface area contributed by atoms with Gasteiger partial charge in [0, 0.05) is 0 Å². The van der Waals surface area contributed by atoms with Crippen LogP contribution in [-0.4, -0.2) is 0 Å². The fraction of sp³-hybridized carbons (Fsp3) is 0.636. The van der Waals surface area contributed by atoms with Crippen LogP contribution in [-0.2, 0) is 6.42 Å². The van der Waals surface area contributed by atoms with Crippen molar-refractivity contribution in [3.8, 4) is 0 Å². The Bertz CT molecular complexity index is 494. The highest BCUT2D eigenvalue weighted by atomic mass is 14.0. The minimum absolute atomic E-state index is 0.884. The summed E-state index contributed by atoms with van der Waals surface area (Å²) >= 11 is 0. The predicted molar refractivity (Wildman–Crippen MR) is 156 cm³/mol. The minimum atomic E-state index is 0.884. The monoisotopic (exact) mass is 456 g/mol. The lowest BCUT2D eigenvalue weighted by Gasteiger charge is -2.00. The molecule has 0 N–H and O–H groups in total. The molecule has 0 amide bonds. The fourth-order valence-electron chi connectivity index (χ4n) is 1.43. The van der Waals surface area contributed by atoms with Gasteiger partial charge in [0.05, 0.1) is 0 Å². The van der Waals surface area contributed by atoms with E-state index in [-0.39, 0.29) is 0 Å². The van der Waals surface area contributed by atoms with Crippen molar-refractivity contribution in [3.63, 3.8) is 0 Å². The van der Waals surface area contributed by atoms with Gasteiger partial charge >= 0.3 is 0 Å². The molecule has 0 aliphatic carbocycles. The summed E-state index contributed by atoms with van der Waals surface area (Å²) in [6, 6.07) is 21.1. The van der Waals surface area contributed by atoms with Crippen molar-refractivity contribution >= 4 is 0 Å². The highest BCUT2D eigenvalue weighted by Gasteiger charge is 1.92. The molecular weight excluding hydrogens is 396 g/mol. The lowest BCUT2D eigenvalue weighted by atomic mass is 10.1. The summed E-state index contributed by atoms with van der Waals surface area (Å²) in [7, 11) is 0. The molecule has 33 heavy (non-hydrogen) atoms. The van der Waals surface area contributed by atoms with Crippen LogP contribution in [0.2, 0.25) is 0 Å². The van der Waals surface area contributed by atoms with Crippen molar-refractivity contribution in [1.29, 1.82) is 0 Å². The molecule has 0 atom stereocenters. The molecule has 2 aromatic rings. The summed E-state index contributed by atoms with van der Waals surface area (Å²) in [6.07, 6.45) is 6.25. The normalized spacial score (nSPS) is 9.70. The second-order valence-electron chi connectivity index (χ2n) is 10.4. The molecule has 0 aliphatic rings. The summed E-state index contributed by atoms with van der Waals surface area (Å²) in [4.78, 5) is 0. The third-order valence-corrected chi connectivity index (χ3v) is 5.36. The molecule has 0 heterocycles. The SMILES string of the molecule is CCC(C)C.CCC(C)C.CCC(C)C.CCC(C)C.c1ccc(Cc2ccccc2)cc1. The van der Waals surface area contributed by atoms with E-state index in [4.69, 9.17) is 0 Å². The van der Waals surface area contributed by atoms with Gasteiger partial charge in [-0.05, 0) is 41.2 Å². The van der Waals surface area contributed by atoms with Crippen LogP contribution < -0.4 is 0 Å². The van der Waals surface area contributed by atoms with Gasteiger partial charge in [0.1, 0.15) is 0 Å². The molecule has 0 fully saturated rings. The molecule has 0 bridgehead atoms. The summed E-state index contributed by atoms with van der Waals surface area (Å²) in [6.45, 7) is 26.6. The van der Waals surface area contributed by atoms with E-state index < -0.39 is 0 Å². The molecule has 0 unspecified atom stereocenters. The Morgan fingerprint density at radius 2 is 0.576 bits per heavy atom. The highest BCUT2D eigenvalue weighted by Crippen LogP contribution is 2.07. The minimum Gasteiger partial charge on any atom is -0.0651 e. The van der Waals surface area contributed by atoms with E-state index in [1.54, 1.807) is 0 Å². The molecule has 2 aromatic carbocycles. The molecule has 0 spiro atoms. The van der Waals surface area contributed by atoms with E-state index >= 15 is 0 Å². The van der Waals surface area contributed by atoms with Gasteiger partial charge in [0.25, 0.3) is 0 Å². The molecule has 2 rings (SSSR count). The first-order chi connectivity index (χ1) is 15.5. The number of rotatable bonds is 6. The Kier molecular flexibility index (Phi) is 29.1. The molecule has 0 saturated carbocycles. The maximum atomic E-state index is 2.22. The van der Waals surface area contributed by atoms with Crippen LogP contribution in [0.1, 0.15) is 120 Å². The summed E-state index contributed by atoms with van der Waals surface area (Å²) in [5.41, 5.74) is 2.74. The van der Waals surface area contributed by atoms with Crippen LogP contribution in [0.15, 0.2) is 60.7 Å². The van der Waals surface area contributed by atoms with E-state index in [1.807, 2.05) is 0 Å². The van der Waals surface area contributed by atoms with Crippen LogP contribution in [0.25, 0.3) is 0 Å². The molecule has 0 aliphatic heterocycles. The first kappa shape index (κ1) is 36.0. The topological polar surface area (TPSA) is 0 Å². The third kappa shape index (κ3) is 35.2. The zero-order valence-electron chi connectivity index (χ0n) is 24.6. The van der Waals surface area contributed by atoms with Crippen molar-refractivity contribution in [1.82, 2.24) is 0 Å².